The van der Waals surface area contributed by atoms with Crippen LogP contribution in [0.4, 0.5) is 4.79 Å². The Morgan fingerprint density at radius 3 is 1.22 bits per heavy atom. The summed E-state index contributed by atoms with van der Waals surface area (Å²) in [5.74, 6) is 0. The normalized spacial score (nSPS) is 35.6. The molecule has 0 saturated carbocycles. The number of rotatable bonds is 8. The van der Waals surface area contributed by atoms with Crippen molar-refractivity contribution in [3.05, 3.63) is 0 Å². The maximum atomic E-state index is 12.2. The summed E-state index contributed by atoms with van der Waals surface area (Å²) in [6.07, 6.45) is 1.54. The topological polar surface area (TPSA) is 103 Å². The molecule has 0 aliphatic carbocycles. The third-order valence-electron chi connectivity index (χ3n) is 6.27. The lowest BCUT2D eigenvalue weighted by molar-refractivity contribution is -0.00892. The molecule has 6 rings (SSSR count). The van der Waals surface area contributed by atoms with Crippen LogP contribution in [0, 0.1) is 0 Å². The summed E-state index contributed by atoms with van der Waals surface area (Å²) in [5.41, 5.74) is 0. The van der Waals surface area contributed by atoms with Crippen molar-refractivity contribution < 1.29 is 31.4 Å². The van der Waals surface area contributed by atoms with E-state index in [1.807, 2.05) is 0 Å². The SMILES string of the molecule is O=C(NCCC[Si]12OCCN(CCO1)CCO2)NCCC[Si]12OCCN(CCO1)CCO2. The van der Waals surface area contributed by atoms with E-state index in [0.717, 1.165) is 64.2 Å². The Kier molecular flexibility index (Phi) is 9.34. The first kappa shape index (κ1) is 24.5. The summed E-state index contributed by atoms with van der Waals surface area (Å²) < 4.78 is 36.1. The minimum Gasteiger partial charge on any atom is -0.372 e. The number of amides is 2. The second kappa shape index (κ2) is 12.2. The summed E-state index contributed by atoms with van der Waals surface area (Å²) in [5, 5.41) is 5.85. The highest BCUT2D eigenvalue weighted by molar-refractivity contribution is 6.61. The van der Waals surface area contributed by atoms with Crippen LogP contribution in [0.2, 0.25) is 12.1 Å². The van der Waals surface area contributed by atoms with E-state index in [1.54, 1.807) is 0 Å². The average Bonchev–Trinajstić information content (AvgIpc) is 2.69. The van der Waals surface area contributed by atoms with E-state index < -0.39 is 17.6 Å². The number of nitrogens with zero attached hydrogens (tertiary/aromatic N) is 2. The van der Waals surface area contributed by atoms with Gasteiger partial charge < -0.3 is 37.2 Å². The van der Waals surface area contributed by atoms with Gasteiger partial charge in [-0.1, -0.05) is 0 Å². The van der Waals surface area contributed by atoms with E-state index in [2.05, 4.69) is 20.4 Å². The van der Waals surface area contributed by atoms with Crippen LogP contribution in [-0.2, 0) is 26.6 Å². The van der Waals surface area contributed by atoms with Crippen molar-refractivity contribution >= 4 is 23.6 Å². The third-order valence-corrected chi connectivity index (χ3v) is 12.1. The molecule has 0 unspecified atom stereocenters. The Morgan fingerprint density at radius 1 is 0.594 bits per heavy atom. The highest BCUT2D eigenvalue weighted by atomic mass is 28.4. The maximum Gasteiger partial charge on any atom is 0.501 e. The second-order valence-corrected chi connectivity index (χ2v) is 14.0. The third kappa shape index (κ3) is 7.19. The Labute approximate surface area is 192 Å². The Morgan fingerprint density at radius 2 is 0.906 bits per heavy atom. The smallest absolute Gasteiger partial charge is 0.372 e. The van der Waals surface area contributed by atoms with Crippen molar-refractivity contribution in [3.8, 4) is 0 Å². The molecule has 13 heteroatoms. The van der Waals surface area contributed by atoms with Gasteiger partial charge in [-0.3, -0.25) is 9.80 Å². The quantitative estimate of drug-likeness (QED) is 0.351. The predicted octanol–water partition coefficient (Wildman–Crippen LogP) is -0.298. The first-order valence-corrected chi connectivity index (χ1v) is 15.8. The van der Waals surface area contributed by atoms with Gasteiger partial charge in [-0.2, -0.15) is 0 Å². The van der Waals surface area contributed by atoms with Crippen LogP contribution in [-0.4, -0.2) is 125 Å². The molecule has 0 aromatic carbocycles. The Bertz CT molecular complexity index is 505. The Balaban J connectivity index is 1.10. The van der Waals surface area contributed by atoms with E-state index in [-0.39, 0.29) is 6.03 Å². The molecule has 0 atom stereocenters. The number of carbonyl (C=O) groups is 1. The number of hydrogen-bond acceptors (Lipinski definition) is 9. The van der Waals surface area contributed by atoms with Crippen molar-refractivity contribution in [1.82, 2.24) is 20.4 Å². The highest BCUT2D eigenvalue weighted by Gasteiger charge is 2.44. The molecule has 0 aromatic rings. The van der Waals surface area contributed by atoms with Crippen LogP contribution in [0.1, 0.15) is 12.8 Å². The number of fused-ring (bicyclic) bond motifs is 12. The van der Waals surface area contributed by atoms with Gasteiger partial charge in [0.25, 0.3) is 0 Å². The predicted molar refractivity (Wildman–Crippen MR) is 120 cm³/mol. The fourth-order valence-corrected chi connectivity index (χ4v) is 9.41. The Hall–Kier alpha value is -0.616. The summed E-state index contributed by atoms with van der Waals surface area (Å²) >= 11 is 0. The molecule has 2 N–H and O–H groups in total. The van der Waals surface area contributed by atoms with Crippen LogP contribution in [0.3, 0.4) is 0 Å². The van der Waals surface area contributed by atoms with Crippen molar-refractivity contribution in [3.63, 3.8) is 0 Å². The molecule has 11 nitrogen and oxygen atoms in total. The maximum absolute atomic E-state index is 12.2. The molecule has 0 spiro atoms. The molecule has 32 heavy (non-hydrogen) atoms. The minimum atomic E-state index is -2.61. The van der Waals surface area contributed by atoms with Crippen molar-refractivity contribution in [2.24, 2.45) is 0 Å². The van der Waals surface area contributed by atoms with Crippen molar-refractivity contribution in [1.29, 1.82) is 0 Å². The lowest BCUT2D eigenvalue weighted by Gasteiger charge is -2.38. The zero-order valence-electron chi connectivity index (χ0n) is 19.0. The molecule has 6 saturated heterocycles. The molecule has 6 aliphatic rings. The second-order valence-electron chi connectivity index (χ2n) is 8.53. The zero-order chi connectivity index (χ0) is 22.1. The molecule has 6 aliphatic heterocycles. The van der Waals surface area contributed by atoms with Gasteiger partial charge in [0.1, 0.15) is 0 Å². The molecule has 0 radical (unpaired) electrons. The highest BCUT2D eigenvalue weighted by Crippen LogP contribution is 2.22. The van der Waals surface area contributed by atoms with Gasteiger partial charge in [-0.15, -0.1) is 0 Å². The van der Waals surface area contributed by atoms with E-state index in [9.17, 15) is 4.79 Å². The van der Waals surface area contributed by atoms with E-state index >= 15 is 0 Å². The largest absolute Gasteiger partial charge is 0.501 e. The molecular weight excluding hydrogens is 452 g/mol. The monoisotopic (exact) mass is 490 g/mol. The van der Waals surface area contributed by atoms with E-state index in [1.165, 1.54) is 0 Å². The van der Waals surface area contributed by atoms with Crippen molar-refractivity contribution in [2.45, 2.75) is 24.9 Å². The van der Waals surface area contributed by atoms with E-state index in [4.69, 9.17) is 26.6 Å². The molecule has 184 valence electrons. The average molecular weight is 491 g/mol. The molecule has 2 amide bonds. The lowest BCUT2D eigenvalue weighted by Crippen LogP contribution is -2.55. The van der Waals surface area contributed by atoms with Gasteiger partial charge in [-0.05, 0) is 12.8 Å². The van der Waals surface area contributed by atoms with Gasteiger partial charge in [0.2, 0.25) is 0 Å². The van der Waals surface area contributed by atoms with Gasteiger partial charge in [-0.25, -0.2) is 4.79 Å². The number of carbonyl (C=O) groups excluding carboxylic acids is 1. The van der Waals surface area contributed by atoms with Crippen LogP contribution >= 0.6 is 0 Å². The number of hydrogen-bond donors (Lipinski definition) is 2. The first-order valence-electron chi connectivity index (χ1n) is 12.0. The van der Waals surface area contributed by atoms with Crippen LogP contribution in [0.15, 0.2) is 0 Å². The fourth-order valence-electron chi connectivity index (χ4n) is 4.41. The van der Waals surface area contributed by atoms with Crippen LogP contribution < -0.4 is 10.6 Å². The molecule has 4 bridgehead atoms. The molecular formula is C19H38N4O7Si2. The number of nitrogens with one attached hydrogen (secondary N) is 2. The number of urea groups is 1. The van der Waals surface area contributed by atoms with Crippen LogP contribution in [0.5, 0.6) is 0 Å². The van der Waals surface area contributed by atoms with Gasteiger partial charge in [0, 0.05) is 64.4 Å². The van der Waals surface area contributed by atoms with Crippen LogP contribution in [0.25, 0.3) is 0 Å². The summed E-state index contributed by atoms with van der Waals surface area (Å²) in [4.78, 5) is 16.8. The van der Waals surface area contributed by atoms with Gasteiger partial charge in [0.05, 0.1) is 39.6 Å². The van der Waals surface area contributed by atoms with E-state index in [0.29, 0.717) is 52.7 Å². The van der Waals surface area contributed by atoms with Gasteiger partial charge >= 0.3 is 23.6 Å². The molecule has 0 aromatic heterocycles. The minimum absolute atomic E-state index is 0.161. The summed E-state index contributed by atoms with van der Waals surface area (Å²) in [7, 11) is -5.22. The summed E-state index contributed by atoms with van der Waals surface area (Å²) in [6.45, 7) is 10.7. The van der Waals surface area contributed by atoms with Gasteiger partial charge in [0.15, 0.2) is 0 Å². The molecule has 6 fully saturated rings. The first-order chi connectivity index (χ1) is 15.7. The molecule has 6 heterocycles. The standard InChI is InChI=1S/C19H38N4O7Si2/c24-19(20-3-1-17-31-25-11-5-22(6-12-26-31)7-13-27-31)21-4-2-18-32-28-14-8-23(9-15-29-32)10-16-30-32/h1-18H2,(H2,20,21,24). The summed E-state index contributed by atoms with van der Waals surface area (Å²) in [6, 6.07) is 1.29. The fraction of sp³-hybridized carbons (Fsp3) is 0.947. The lowest BCUT2D eigenvalue weighted by atomic mass is 10.4. The zero-order valence-corrected chi connectivity index (χ0v) is 21.0. The van der Waals surface area contributed by atoms with Crippen molar-refractivity contribution in [2.75, 3.05) is 92.0 Å².